The maximum Gasteiger partial charge on any atom is 0.308 e. The predicted molar refractivity (Wildman–Crippen MR) is 71.8 cm³/mol. The molecule has 0 atom stereocenters. The van der Waals surface area contributed by atoms with Gasteiger partial charge < -0.3 is 4.74 Å². The van der Waals surface area contributed by atoms with E-state index in [0.29, 0.717) is 19.0 Å². The SMILES string of the molecule is COC(=O)C1CCN(CC(=O)Nc2ncccn2)CC1. The Kier molecular flexibility index (Phi) is 5.00. The van der Waals surface area contributed by atoms with Gasteiger partial charge in [0.25, 0.3) is 0 Å². The Hall–Kier alpha value is -2.02. The molecule has 0 bridgehead atoms. The Bertz CT molecular complexity index is 458. The third-order valence-corrected chi connectivity index (χ3v) is 3.31. The van der Waals surface area contributed by atoms with E-state index in [1.807, 2.05) is 4.90 Å². The van der Waals surface area contributed by atoms with Gasteiger partial charge in [-0.2, -0.15) is 0 Å². The van der Waals surface area contributed by atoms with Crippen LogP contribution in [0.2, 0.25) is 0 Å². The lowest BCUT2D eigenvalue weighted by Gasteiger charge is -2.29. The van der Waals surface area contributed by atoms with Crippen LogP contribution in [0.15, 0.2) is 18.5 Å². The Balaban J connectivity index is 1.75. The van der Waals surface area contributed by atoms with Gasteiger partial charge >= 0.3 is 5.97 Å². The molecule has 20 heavy (non-hydrogen) atoms. The van der Waals surface area contributed by atoms with Crippen LogP contribution < -0.4 is 5.32 Å². The highest BCUT2D eigenvalue weighted by Crippen LogP contribution is 2.18. The molecule has 108 valence electrons. The molecular weight excluding hydrogens is 260 g/mol. The number of esters is 1. The molecule has 7 nitrogen and oxygen atoms in total. The average Bonchev–Trinajstić information content (AvgIpc) is 2.48. The molecule has 0 aliphatic carbocycles. The van der Waals surface area contributed by atoms with Crippen LogP contribution in [0.3, 0.4) is 0 Å². The van der Waals surface area contributed by atoms with Crippen molar-refractivity contribution in [1.82, 2.24) is 14.9 Å². The van der Waals surface area contributed by atoms with Crippen molar-refractivity contribution in [2.24, 2.45) is 5.92 Å². The van der Waals surface area contributed by atoms with Crippen molar-refractivity contribution < 1.29 is 14.3 Å². The zero-order valence-electron chi connectivity index (χ0n) is 11.4. The predicted octanol–water partition coefficient (Wildman–Crippen LogP) is 0.300. The fraction of sp³-hybridized carbons (Fsp3) is 0.538. The van der Waals surface area contributed by atoms with Gasteiger partial charge in [0.15, 0.2) is 0 Å². The maximum absolute atomic E-state index is 11.8. The Labute approximate surface area is 117 Å². The summed E-state index contributed by atoms with van der Waals surface area (Å²) in [5.74, 6) is -0.0433. The molecule has 0 radical (unpaired) electrons. The van der Waals surface area contributed by atoms with Crippen LogP contribution in [-0.4, -0.2) is 53.5 Å². The topological polar surface area (TPSA) is 84.4 Å². The highest BCUT2D eigenvalue weighted by Gasteiger charge is 2.26. The number of hydrogen-bond acceptors (Lipinski definition) is 6. The second kappa shape index (κ2) is 6.95. The third-order valence-electron chi connectivity index (χ3n) is 3.31. The molecule has 2 heterocycles. The van der Waals surface area contributed by atoms with E-state index < -0.39 is 0 Å². The molecule has 1 amide bonds. The zero-order valence-corrected chi connectivity index (χ0v) is 11.4. The van der Waals surface area contributed by atoms with Gasteiger partial charge in [-0.25, -0.2) is 9.97 Å². The summed E-state index contributed by atoms with van der Waals surface area (Å²) < 4.78 is 4.73. The van der Waals surface area contributed by atoms with Gasteiger partial charge in [-0.3, -0.25) is 19.8 Å². The van der Waals surface area contributed by atoms with Crippen LogP contribution in [0, 0.1) is 5.92 Å². The number of methoxy groups -OCH3 is 1. The van der Waals surface area contributed by atoms with Gasteiger partial charge in [0.05, 0.1) is 19.6 Å². The van der Waals surface area contributed by atoms with Gasteiger partial charge in [0.1, 0.15) is 0 Å². The van der Waals surface area contributed by atoms with Crippen LogP contribution in [0.5, 0.6) is 0 Å². The second-order valence-electron chi connectivity index (χ2n) is 4.69. The molecule has 0 spiro atoms. The molecule has 2 rings (SSSR count). The van der Waals surface area contributed by atoms with Crippen LogP contribution in [-0.2, 0) is 14.3 Å². The number of nitrogens with one attached hydrogen (secondary N) is 1. The van der Waals surface area contributed by atoms with E-state index in [1.165, 1.54) is 7.11 Å². The minimum atomic E-state index is -0.160. The number of anilines is 1. The van der Waals surface area contributed by atoms with Crippen molar-refractivity contribution in [3.05, 3.63) is 18.5 Å². The van der Waals surface area contributed by atoms with E-state index in [-0.39, 0.29) is 24.3 Å². The Morgan fingerprint density at radius 3 is 2.60 bits per heavy atom. The molecular formula is C13H18N4O3. The fourth-order valence-electron chi connectivity index (χ4n) is 2.22. The summed E-state index contributed by atoms with van der Waals surface area (Å²) >= 11 is 0. The largest absolute Gasteiger partial charge is 0.469 e. The summed E-state index contributed by atoms with van der Waals surface area (Å²) in [5.41, 5.74) is 0. The molecule has 1 aliphatic rings. The van der Waals surface area contributed by atoms with Gasteiger partial charge in [-0.1, -0.05) is 0 Å². The molecule has 1 fully saturated rings. The summed E-state index contributed by atoms with van der Waals surface area (Å²) in [5, 5.41) is 2.64. The van der Waals surface area contributed by atoms with E-state index in [9.17, 15) is 9.59 Å². The lowest BCUT2D eigenvalue weighted by atomic mass is 9.97. The number of piperidine rings is 1. The number of hydrogen-bond donors (Lipinski definition) is 1. The van der Waals surface area contributed by atoms with E-state index >= 15 is 0 Å². The van der Waals surface area contributed by atoms with E-state index in [2.05, 4.69) is 15.3 Å². The van der Waals surface area contributed by atoms with Crippen LogP contribution in [0.4, 0.5) is 5.95 Å². The summed E-state index contributed by atoms with van der Waals surface area (Å²) in [6.07, 6.45) is 4.60. The summed E-state index contributed by atoms with van der Waals surface area (Å²) in [4.78, 5) is 33.1. The molecule has 1 aliphatic heterocycles. The van der Waals surface area contributed by atoms with Gasteiger partial charge in [0, 0.05) is 12.4 Å². The lowest BCUT2D eigenvalue weighted by molar-refractivity contribution is -0.147. The van der Waals surface area contributed by atoms with Crippen LogP contribution >= 0.6 is 0 Å². The standard InChI is InChI=1S/C13H18N4O3/c1-20-12(19)10-3-7-17(8-4-10)9-11(18)16-13-14-5-2-6-15-13/h2,5-6,10H,3-4,7-9H2,1H3,(H,14,15,16,18). The third kappa shape index (κ3) is 3.99. The number of rotatable bonds is 4. The first-order valence-electron chi connectivity index (χ1n) is 6.56. The van der Waals surface area contributed by atoms with E-state index in [0.717, 1.165) is 12.8 Å². The normalized spacial score (nSPS) is 16.6. The number of carbonyl (C=O) groups is 2. The van der Waals surface area contributed by atoms with Gasteiger partial charge in [-0.15, -0.1) is 0 Å². The van der Waals surface area contributed by atoms with Crippen molar-refractivity contribution in [1.29, 1.82) is 0 Å². The molecule has 1 aromatic rings. The molecule has 7 heteroatoms. The van der Waals surface area contributed by atoms with Gasteiger partial charge in [-0.05, 0) is 32.0 Å². The Morgan fingerprint density at radius 2 is 2.00 bits per heavy atom. The number of nitrogens with zero attached hydrogens (tertiary/aromatic N) is 3. The zero-order chi connectivity index (χ0) is 14.4. The molecule has 0 aromatic carbocycles. The van der Waals surface area contributed by atoms with E-state index in [1.54, 1.807) is 18.5 Å². The molecule has 1 N–H and O–H groups in total. The monoisotopic (exact) mass is 278 g/mol. The highest BCUT2D eigenvalue weighted by atomic mass is 16.5. The van der Waals surface area contributed by atoms with Crippen LogP contribution in [0.25, 0.3) is 0 Å². The first-order valence-corrected chi connectivity index (χ1v) is 6.56. The quantitative estimate of drug-likeness (QED) is 0.797. The molecule has 0 saturated carbocycles. The maximum atomic E-state index is 11.8. The summed E-state index contributed by atoms with van der Waals surface area (Å²) in [6, 6.07) is 1.69. The first kappa shape index (κ1) is 14.4. The summed E-state index contributed by atoms with van der Waals surface area (Å²) in [6.45, 7) is 1.71. The number of amides is 1. The number of carbonyl (C=O) groups excluding carboxylic acids is 2. The minimum absolute atomic E-state index is 0.0447. The van der Waals surface area contributed by atoms with Crippen molar-refractivity contribution in [2.45, 2.75) is 12.8 Å². The van der Waals surface area contributed by atoms with Crippen molar-refractivity contribution in [2.75, 3.05) is 32.1 Å². The smallest absolute Gasteiger partial charge is 0.308 e. The highest BCUT2D eigenvalue weighted by molar-refractivity contribution is 5.90. The fourth-order valence-corrected chi connectivity index (χ4v) is 2.22. The summed E-state index contributed by atoms with van der Waals surface area (Å²) in [7, 11) is 1.40. The molecule has 1 aromatic heterocycles. The van der Waals surface area contributed by atoms with Crippen molar-refractivity contribution in [3.63, 3.8) is 0 Å². The number of aromatic nitrogens is 2. The number of likely N-dealkylation sites (tertiary alicyclic amines) is 1. The minimum Gasteiger partial charge on any atom is -0.469 e. The molecule has 0 unspecified atom stereocenters. The number of ether oxygens (including phenoxy) is 1. The van der Waals surface area contributed by atoms with Crippen molar-refractivity contribution >= 4 is 17.8 Å². The van der Waals surface area contributed by atoms with E-state index in [4.69, 9.17) is 4.74 Å². The van der Waals surface area contributed by atoms with Crippen molar-refractivity contribution in [3.8, 4) is 0 Å². The second-order valence-corrected chi connectivity index (χ2v) is 4.69. The van der Waals surface area contributed by atoms with Crippen LogP contribution in [0.1, 0.15) is 12.8 Å². The van der Waals surface area contributed by atoms with Gasteiger partial charge in [0.2, 0.25) is 11.9 Å². The lowest BCUT2D eigenvalue weighted by Crippen LogP contribution is -2.41. The first-order chi connectivity index (χ1) is 9.69. The Morgan fingerprint density at radius 1 is 1.35 bits per heavy atom. The molecule has 1 saturated heterocycles. The average molecular weight is 278 g/mol.